The fourth-order valence-corrected chi connectivity index (χ4v) is 4.09. The first kappa shape index (κ1) is 18.9. The number of rotatable bonds is 3. The molecule has 4 rings (SSSR count). The maximum absolute atomic E-state index is 5.66. The smallest absolute Gasteiger partial charge is 0.183 e. The first-order valence-electron chi connectivity index (χ1n) is 9.74. The maximum Gasteiger partial charge on any atom is 0.183 e. The van der Waals surface area contributed by atoms with E-state index in [1.54, 1.807) is 6.20 Å². The maximum atomic E-state index is 5.66. The molecule has 1 unspecified atom stereocenters. The van der Waals surface area contributed by atoms with Crippen molar-refractivity contribution in [1.29, 1.82) is 0 Å². The van der Waals surface area contributed by atoms with Crippen LogP contribution in [0.2, 0.25) is 0 Å². The molecule has 4 heterocycles. The van der Waals surface area contributed by atoms with Crippen molar-refractivity contribution in [1.82, 2.24) is 25.7 Å². The topological polar surface area (TPSA) is 68.4 Å². The molecule has 2 aromatic rings. The minimum atomic E-state index is -0.270. The van der Waals surface area contributed by atoms with Crippen LogP contribution in [0.3, 0.4) is 0 Å². The van der Waals surface area contributed by atoms with Crippen LogP contribution in [0.15, 0.2) is 36.8 Å². The van der Waals surface area contributed by atoms with E-state index in [2.05, 4.69) is 55.8 Å². The molecule has 3 N–H and O–H groups in total. The van der Waals surface area contributed by atoms with Gasteiger partial charge < -0.3 is 15.1 Å². The van der Waals surface area contributed by atoms with Gasteiger partial charge in [-0.1, -0.05) is 0 Å². The number of piperazine rings is 1. The molecule has 1 saturated heterocycles. The third kappa shape index (κ3) is 3.74. The molecule has 0 aliphatic carbocycles. The summed E-state index contributed by atoms with van der Waals surface area (Å²) in [4.78, 5) is 13.4. The summed E-state index contributed by atoms with van der Waals surface area (Å²) in [6, 6.07) is 6.12. The van der Waals surface area contributed by atoms with E-state index in [-0.39, 0.29) is 5.54 Å². The standard InChI is InChI=1S/C20H27N7S/c1-15-5-8-23-18-17(15)22-9-6-20(18,2)25-24-19(28)27-12-10-26(11-13-27)16-4-3-7-21-14-16/h3-5,7-8,14,22,25H,6,9-13H2,1-2H3,(H,24,28). The Kier molecular flexibility index (Phi) is 5.32. The van der Waals surface area contributed by atoms with Crippen LogP contribution >= 0.6 is 12.2 Å². The summed E-state index contributed by atoms with van der Waals surface area (Å²) in [5.74, 6) is 0. The Morgan fingerprint density at radius 1 is 1.21 bits per heavy atom. The second kappa shape index (κ2) is 7.89. The Bertz CT molecular complexity index is 836. The van der Waals surface area contributed by atoms with Gasteiger partial charge in [-0.3, -0.25) is 15.4 Å². The first-order valence-corrected chi connectivity index (χ1v) is 10.1. The van der Waals surface area contributed by atoms with Gasteiger partial charge in [0, 0.05) is 45.1 Å². The van der Waals surface area contributed by atoms with Gasteiger partial charge in [-0.15, -0.1) is 0 Å². The fourth-order valence-electron chi connectivity index (χ4n) is 3.86. The number of hydrazine groups is 1. The predicted octanol–water partition coefficient (Wildman–Crippen LogP) is 2.02. The summed E-state index contributed by atoms with van der Waals surface area (Å²) in [6.07, 6.45) is 6.52. The average molecular weight is 398 g/mol. The Morgan fingerprint density at radius 3 is 2.79 bits per heavy atom. The molecule has 0 spiro atoms. The van der Waals surface area contributed by atoms with Crippen molar-refractivity contribution in [2.45, 2.75) is 25.8 Å². The molecule has 0 radical (unpaired) electrons. The highest BCUT2D eigenvalue weighted by Gasteiger charge is 2.34. The summed E-state index contributed by atoms with van der Waals surface area (Å²) < 4.78 is 0. The highest BCUT2D eigenvalue weighted by atomic mass is 32.1. The molecular formula is C20H27N7S. The largest absolute Gasteiger partial charge is 0.383 e. The van der Waals surface area contributed by atoms with E-state index in [1.807, 2.05) is 24.5 Å². The number of pyridine rings is 2. The van der Waals surface area contributed by atoms with Gasteiger partial charge in [-0.05, 0) is 56.2 Å². The van der Waals surface area contributed by atoms with E-state index in [9.17, 15) is 0 Å². The fraction of sp³-hybridized carbons (Fsp3) is 0.450. The van der Waals surface area contributed by atoms with Gasteiger partial charge in [-0.2, -0.15) is 0 Å². The third-order valence-corrected chi connectivity index (χ3v) is 5.99. The van der Waals surface area contributed by atoms with Crippen molar-refractivity contribution < 1.29 is 0 Å². The molecule has 7 nitrogen and oxygen atoms in total. The SMILES string of the molecule is Cc1ccnc2c1NCCC2(C)NNC(=S)N1CCN(c2cccnc2)CC1. The Morgan fingerprint density at radius 2 is 2.04 bits per heavy atom. The average Bonchev–Trinajstić information content (AvgIpc) is 2.74. The molecule has 28 heavy (non-hydrogen) atoms. The van der Waals surface area contributed by atoms with Gasteiger partial charge in [-0.25, -0.2) is 5.43 Å². The lowest BCUT2D eigenvalue weighted by Crippen LogP contribution is -2.59. The van der Waals surface area contributed by atoms with Crippen LogP contribution in [0.4, 0.5) is 11.4 Å². The monoisotopic (exact) mass is 397 g/mol. The number of nitrogens with one attached hydrogen (secondary N) is 3. The first-order chi connectivity index (χ1) is 13.6. The second-order valence-corrected chi connectivity index (χ2v) is 7.99. The van der Waals surface area contributed by atoms with Gasteiger partial charge in [0.15, 0.2) is 5.11 Å². The minimum Gasteiger partial charge on any atom is -0.383 e. The molecule has 0 aromatic carbocycles. The lowest BCUT2D eigenvalue weighted by Gasteiger charge is -2.40. The molecule has 2 aromatic heterocycles. The van der Waals surface area contributed by atoms with Crippen LogP contribution in [-0.2, 0) is 5.54 Å². The minimum absolute atomic E-state index is 0.270. The number of hydrogen-bond acceptors (Lipinski definition) is 6. The lowest BCUT2D eigenvalue weighted by molar-refractivity contribution is 0.296. The number of hydrogen-bond donors (Lipinski definition) is 3. The van der Waals surface area contributed by atoms with Gasteiger partial charge >= 0.3 is 0 Å². The molecule has 1 fully saturated rings. The van der Waals surface area contributed by atoms with E-state index in [0.717, 1.165) is 55.6 Å². The highest BCUT2D eigenvalue weighted by Crippen LogP contribution is 2.34. The van der Waals surface area contributed by atoms with Crippen molar-refractivity contribution in [3.63, 3.8) is 0 Å². The molecule has 0 amide bonds. The normalized spacial score (nSPS) is 21.6. The number of anilines is 2. The van der Waals surface area contributed by atoms with Crippen molar-refractivity contribution in [2.75, 3.05) is 42.9 Å². The molecule has 1 atom stereocenters. The van der Waals surface area contributed by atoms with Crippen LogP contribution in [-0.4, -0.2) is 52.7 Å². The molecule has 2 aliphatic rings. The summed E-state index contributed by atoms with van der Waals surface area (Å²) in [7, 11) is 0. The zero-order chi connectivity index (χ0) is 19.6. The van der Waals surface area contributed by atoms with Gasteiger partial charge in [0.1, 0.15) is 0 Å². The summed E-state index contributed by atoms with van der Waals surface area (Å²) in [6.45, 7) is 8.81. The lowest BCUT2D eigenvalue weighted by atomic mass is 9.88. The third-order valence-electron chi connectivity index (χ3n) is 5.63. The quantitative estimate of drug-likeness (QED) is 0.537. The highest BCUT2D eigenvalue weighted by molar-refractivity contribution is 7.80. The van der Waals surface area contributed by atoms with Crippen LogP contribution in [0.5, 0.6) is 0 Å². The Labute approximate surface area is 171 Å². The summed E-state index contributed by atoms with van der Waals surface area (Å²) in [5, 5.41) is 4.21. The Balaban J connectivity index is 1.35. The van der Waals surface area contributed by atoms with Gasteiger partial charge in [0.25, 0.3) is 0 Å². The molecule has 8 heteroatoms. The number of thiocarbonyl (C=S) groups is 1. The Hall–Kier alpha value is -2.45. The van der Waals surface area contributed by atoms with Crippen LogP contribution < -0.4 is 21.1 Å². The van der Waals surface area contributed by atoms with E-state index in [4.69, 9.17) is 12.2 Å². The predicted molar refractivity (Wildman–Crippen MR) is 116 cm³/mol. The number of aryl methyl sites for hydroxylation is 1. The summed E-state index contributed by atoms with van der Waals surface area (Å²) in [5.41, 5.74) is 11.0. The number of fused-ring (bicyclic) bond motifs is 1. The molecular weight excluding hydrogens is 370 g/mol. The second-order valence-electron chi connectivity index (χ2n) is 7.60. The van der Waals surface area contributed by atoms with Crippen molar-refractivity contribution in [2.24, 2.45) is 0 Å². The molecule has 0 saturated carbocycles. The zero-order valence-corrected chi connectivity index (χ0v) is 17.2. The zero-order valence-electron chi connectivity index (χ0n) is 16.4. The molecule has 148 valence electrons. The van der Waals surface area contributed by atoms with Crippen molar-refractivity contribution in [3.05, 3.63) is 48.0 Å². The van der Waals surface area contributed by atoms with Crippen molar-refractivity contribution in [3.8, 4) is 0 Å². The molecule has 0 bridgehead atoms. The van der Waals surface area contributed by atoms with Gasteiger partial charge in [0.2, 0.25) is 0 Å². The van der Waals surface area contributed by atoms with E-state index >= 15 is 0 Å². The van der Waals surface area contributed by atoms with Gasteiger partial charge in [0.05, 0.1) is 28.8 Å². The molecule has 2 aliphatic heterocycles. The van der Waals surface area contributed by atoms with Crippen LogP contribution in [0, 0.1) is 6.92 Å². The van der Waals surface area contributed by atoms with Crippen molar-refractivity contribution >= 4 is 28.7 Å². The van der Waals surface area contributed by atoms with E-state index in [0.29, 0.717) is 0 Å². The van der Waals surface area contributed by atoms with E-state index in [1.165, 1.54) is 11.3 Å². The van der Waals surface area contributed by atoms with Crippen LogP contribution in [0.1, 0.15) is 24.6 Å². The number of aromatic nitrogens is 2. The number of nitrogens with zero attached hydrogens (tertiary/aromatic N) is 4. The van der Waals surface area contributed by atoms with E-state index < -0.39 is 0 Å². The summed E-state index contributed by atoms with van der Waals surface area (Å²) >= 11 is 5.66. The van der Waals surface area contributed by atoms with Crippen LogP contribution in [0.25, 0.3) is 0 Å².